The number of ether oxygens (including phenoxy) is 2. The Balaban J connectivity index is 2.33. The van der Waals surface area contributed by atoms with Gasteiger partial charge < -0.3 is 15.2 Å². The third-order valence-corrected chi connectivity index (χ3v) is 6.62. The molecule has 3 N–H and O–H groups in total. The molecule has 1 aliphatic rings. The fourth-order valence-corrected chi connectivity index (χ4v) is 5.14. The van der Waals surface area contributed by atoms with Gasteiger partial charge in [0.2, 0.25) is 0 Å². The Morgan fingerprint density at radius 2 is 1.94 bits per heavy atom. The monoisotopic (exact) mass is 508 g/mol. The van der Waals surface area contributed by atoms with E-state index in [4.69, 9.17) is 38.4 Å². The van der Waals surface area contributed by atoms with Gasteiger partial charge in [-0.3, -0.25) is 5.32 Å². The largest absolute Gasteiger partial charge is 0.496 e. The van der Waals surface area contributed by atoms with E-state index in [1.54, 1.807) is 37.3 Å². The Labute approximate surface area is 210 Å². The first-order valence-corrected chi connectivity index (χ1v) is 11.7. The van der Waals surface area contributed by atoms with Gasteiger partial charge in [0.15, 0.2) is 0 Å². The number of allylic oxidation sites excluding steroid dienone is 1. The molecule has 34 heavy (non-hydrogen) atoms. The summed E-state index contributed by atoms with van der Waals surface area (Å²) in [5, 5.41) is 3.77. The Kier molecular flexibility index (Phi) is 7.68. The predicted octanol–water partition coefficient (Wildman–Crippen LogP) is 5.93. The van der Waals surface area contributed by atoms with E-state index in [0.29, 0.717) is 22.8 Å². The number of hydrogen-bond donors (Lipinski definition) is 2. The fourth-order valence-electron chi connectivity index (χ4n) is 4.80. The highest BCUT2D eigenvalue weighted by Crippen LogP contribution is 2.51. The lowest BCUT2D eigenvalue weighted by Crippen LogP contribution is -2.52. The quantitative estimate of drug-likeness (QED) is 0.373. The lowest BCUT2D eigenvalue weighted by molar-refractivity contribution is -0.142. The van der Waals surface area contributed by atoms with Gasteiger partial charge in [0.05, 0.1) is 23.4 Å². The van der Waals surface area contributed by atoms with E-state index in [1.165, 1.54) is 13.2 Å². The first-order valence-electron chi connectivity index (χ1n) is 11.0. The molecule has 0 spiro atoms. The third kappa shape index (κ3) is 5.10. The summed E-state index contributed by atoms with van der Waals surface area (Å²) >= 11 is 12.4. The number of carbonyl (C=O) groups excluding carboxylic acids is 1. The number of rotatable bonds is 6. The van der Waals surface area contributed by atoms with Crippen LogP contribution in [0.15, 0.2) is 48.7 Å². The van der Waals surface area contributed by atoms with Crippen LogP contribution >= 0.6 is 23.2 Å². The van der Waals surface area contributed by atoms with Crippen LogP contribution in [0.5, 0.6) is 5.75 Å². The molecular weight excluding hydrogens is 478 g/mol. The van der Waals surface area contributed by atoms with E-state index in [9.17, 15) is 4.79 Å². The zero-order valence-corrected chi connectivity index (χ0v) is 21.6. The van der Waals surface area contributed by atoms with Crippen LogP contribution in [0.3, 0.4) is 0 Å². The van der Waals surface area contributed by atoms with Crippen molar-refractivity contribution in [2.75, 3.05) is 7.11 Å². The normalized spacial score (nSPS) is 24.7. The summed E-state index contributed by atoms with van der Waals surface area (Å²) in [6.45, 7) is 11.5. The molecule has 1 saturated heterocycles. The molecule has 0 aliphatic carbocycles. The minimum atomic E-state index is -1.28. The van der Waals surface area contributed by atoms with Crippen LogP contribution in [-0.2, 0) is 15.1 Å². The van der Waals surface area contributed by atoms with Crippen LogP contribution < -0.4 is 15.8 Å². The summed E-state index contributed by atoms with van der Waals surface area (Å²) < 4.78 is 26.5. The van der Waals surface area contributed by atoms with Crippen molar-refractivity contribution < 1.29 is 18.7 Å². The van der Waals surface area contributed by atoms with Crippen LogP contribution in [0.2, 0.25) is 10.0 Å². The van der Waals surface area contributed by atoms with Gasteiger partial charge in [-0.25, -0.2) is 9.18 Å². The number of carbonyl (C=O) groups is 1. The molecule has 0 bridgehead atoms. The summed E-state index contributed by atoms with van der Waals surface area (Å²) in [5.41, 5.74) is 6.63. The number of halogens is 3. The van der Waals surface area contributed by atoms with Crippen molar-refractivity contribution in [1.29, 1.82) is 0 Å². The average Bonchev–Trinajstić information content (AvgIpc) is 3.01. The van der Waals surface area contributed by atoms with Crippen LogP contribution in [0.25, 0.3) is 0 Å². The minimum Gasteiger partial charge on any atom is -0.496 e. The molecule has 1 fully saturated rings. The molecule has 0 amide bonds. The summed E-state index contributed by atoms with van der Waals surface area (Å²) in [6, 6.07) is 8.39. The maximum Gasteiger partial charge on any atom is 0.328 e. The Morgan fingerprint density at radius 1 is 1.26 bits per heavy atom. The molecule has 0 aromatic heterocycles. The van der Waals surface area contributed by atoms with E-state index < -0.39 is 35.3 Å². The van der Waals surface area contributed by atoms with Crippen molar-refractivity contribution in [3.8, 4) is 5.75 Å². The Bertz CT molecular complexity index is 1100. The zero-order chi connectivity index (χ0) is 25.4. The second-order valence-corrected chi connectivity index (χ2v) is 10.8. The minimum absolute atomic E-state index is 0.0609. The second-order valence-electron chi connectivity index (χ2n) is 9.98. The van der Waals surface area contributed by atoms with Crippen LogP contribution in [0, 0.1) is 11.2 Å². The molecular formula is C26H31Cl2FN2O3. The molecule has 3 rings (SSSR count). The number of methoxy groups -OCH3 is 1. The summed E-state index contributed by atoms with van der Waals surface area (Å²) in [6.07, 6.45) is 0.574. The van der Waals surface area contributed by atoms with Gasteiger partial charge in [0.25, 0.3) is 0 Å². The van der Waals surface area contributed by atoms with Gasteiger partial charge in [-0.1, -0.05) is 68.8 Å². The second kappa shape index (κ2) is 9.86. The molecule has 1 heterocycles. The summed E-state index contributed by atoms with van der Waals surface area (Å²) in [7, 11) is 1.52. The van der Waals surface area contributed by atoms with Gasteiger partial charge >= 0.3 is 5.97 Å². The SMILES string of the molecule is C=C(C)OC(=O)[C@H]1N[C@@H](CC(C)(C)C)[C@](N)(c2ccc(Cl)cc2OC)[C@H]1c1cccc(Cl)c1F. The molecule has 0 radical (unpaired) electrons. The van der Waals surface area contributed by atoms with Gasteiger partial charge in [0, 0.05) is 22.5 Å². The lowest BCUT2D eigenvalue weighted by atomic mass is 9.68. The molecule has 0 saturated carbocycles. The maximum atomic E-state index is 15.5. The fraction of sp³-hybridized carbons (Fsp3) is 0.423. The standard InChI is InChI=1S/C26H31Cl2FN2O3/c1-14(2)34-24(32)23-21(16-8-7-9-18(28)22(16)29)26(30,20(31-23)13-25(3,4)5)17-11-10-15(27)12-19(17)33-6/h7-12,20-21,23,31H,1,13,30H2,2-6H3/t20-,21-,23-,26+/m0/s1. The Hall–Kier alpha value is -2.12. The average molecular weight is 509 g/mol. The topological polar surface area (TPSA) is 73.6 Å². The van der Waals surface area contributed by atoms with Gasteiger partial charge in [-0.2, -0.15) is 0 Å². The number of hydrogen-bond acceptors (Lipinski definition) is 5. The summed E-state index contributed by atoms with van der Waals surface area (Å²) in [5.74, 6) is -1.44. The molecule has 2 aromatic rings. The van der Waals surface area contributed by atoms with Gasteiger partial charge in [-0.05, 0) is 42.5 Å². The molecule has 1 aliphatic heterocycles. The van der Waals surface area contributed by atoms with E-state index in [0.717, 1.165) is 0 Å². The lowest BCUT2D eigenvalue weighted by Gasteiger charge is -2.40. The molecule has 184 valence electrons. The van der Waals surface area contributed by atoms with Crippen LogP contribution in [0.4, 0.5) is 4.39 Å². The smallest absolute Gasteiger partial charge is 0.328 e. The van der Waals surface area contributed by atoms with Crippen LogP contribution in [0.1, 0.15) is 51.2 Å². The van der Waals surface area contributed by atoms with E-state index >= 15 is 4.39 Å². The number of nitrogens with two attached hydrogens (primary N) is 1. The summed E-state index contributed by atoms with van der Waals surface area (Å²) in [4.78, 5) is 13.3. The van der Waals surface area contributed by atoms with E-state index in [2.05, 4.69) is 32.7 Å². The molecule has 8 heteroatoms. The first-order chi connectivity index (χ1) is 15.8. The van der Waals surface area contributed by atoms with Crippen LogP contribution in [-0.4, -0.2) is 25.2 Å². The van der Waals surface area contributed by atoms with Crippen molar-refractivity contribution >= 4 is 29.2 Å². The van der Waals surface area contributed by atoms with E-state index in [-0.39, 0.29) is 21.8 Å². The van der Waals surface area contributed by atoms with E-state index in [1.807, 2.05) is 0 Å². The van der Waals surface area contributed by atoms with Crippen molar-refractivity contribution in [2.45, 2.75) is 57.7 Å². The zero-order valence-electron chi connectivity index (χ0n) is 20.0. The number of benzene rings is 2. The highest BCUT2D eigenvalue weighted by atomic mass is 35.5. The Morgan fingerprint density at radius 3 is 2.53 bits per heavy atom. The van der Waals surface area contributed by atoms with Crippen molar-refractivity contribution in [2.24, 2.45) is 11.1 Å². The highest BCUT2D eigenvalue weighted by molar-refractivity contribution is 6.31. The number of esters is 1. The van der Waals surface area contributed by atoms with Crippen molar-refractivity contribution in [1.82, 2.24) is 5.32 Å². The number of nitrogens with one attached hydrogen (secondary N) is 1. The first kappa shape index (κ1) is 26.5. The molecule has 4 atom stereocenters. The van der Waals surface area contributed by atoms with Crippen molar-refractivity contribution in [3.63, 3.8) is 0 Å². The van der Waals surface area contributed by atoms with Crippen molar-refractivity contribution in [3.05, 3.63) is 75.7 Å². The molecule has 5 nitrogen and oxygen atoms in total. The van der Waals surface area contributed by atoms with Gasteiger partial charge in [0.1, 0.15) is 17.6 Å². The molecule has 0 unspecified atom stereocenters. The predicted molar refractivity (Wildman–Crippen MR) is 134 cm³/mol. The third-order valence-electron chi connectivity index (χ3n) is 6.10. The molecule has 2 aromatic carbocycles. The maximum absolute atomic E-state index is 15.5. The highest BCUT2D eigenvalue weighted by Gasteiger charge is 2.59. The van der Waals surface area contributed by atoms with Gasteiger partial charge in [-0.15, -0.1) is 0 Å².